The number of anilines is 1. The summed E-state index contributed by atoms with van der Waals surface area (Å²) < 4.78 is 22.8. The zero-order valence-corrected chi connectivity index (χ0v) is 10.7. The summed E-state index contributed by atoms with van der Waals surface area (Å²) in [5.74, 6) is -0.336. The lowest BCUT2D eigenvalue weighted by atomic mass is 10.2. The number of amides is 1. The van der Waals surface area contributed by atoms with Crippen molar-refractivity contribution in [2.24, 2.45) is 0 Å². The van der Waals surface area contributed by atoms with Crippen molar-refractivity contribution in [3.05, 3.63) is 29.8 Å². The molecule has 0 spiro atoms. The van der Waals surface area contributed by atoms with Crippen molar-refractivity contribution in [3.8, 4) is 0 Å². The van der Waals surface area contributed by atoms with Gasteiger partial charge in [-0.2, -0.15) is 0 Å². The molecule has 17 heavy (non-hydrogen) atoms. The van der Waals surface area contributed by atoms with Gasteiger partial charge < -0.3 is 4.90 Å². The fourth-order valence-corrected chi connectivity index (χ4v) is 2.46. The molecule has 1 aromatic rings. The molecule has 1 heterocycles. The number of rotatable bonds is 2. The molecule has 1 atom stereocenters. The summed E-state index contributed by atoms with van der Waals surface area (Å²) in [4.78, 5) is 13.7. The monoisotopic (exact) mass is 253 g/mol. The Labute approximate surface area is 101 Å². The van der Waals surface area contributed by atoms with Crippen LogP contribution in [-0.2, 0) is 21.1 Å². The molecule has 1 aliphatic rings. The Morgan fingerprint density at radius 3 is 2.65 bits per heavy atom. The van der Waals surface area contributed by atoms with E-state index in [0.717, 1.165) is 23.9 Å². The van der Waals surface area contributed by atoms with E-state index < -0.39 is 15.1 Å². The van der Waals surface area contributed by atoms with E-state index in [0.29, 0.717) is 6.54 Å². The average molecular weight is 253 g/mol. The maximum absolute atomic E-state index is 12.1. The predicted octanol–water partition coefficient (Wildman–Crippen LogP) is 1.01. The second-order valence-electron chi connectivity index (χ2n) is 4.34. The van der Waals surface area contributed by atoms with E-state index in [4.69, 9.17) is 0 Å². The van der Waals surface area contributed by atoms with Gasteiger partial charge in [-0.1, -0.05) is 18.2 Å². The number of para-hydroxylation sites is 1. The van der Waals surface area contributed by atoms with Gasteiger partial charge in [0, 0.05) is 18.5 Å². The molecule has 92 valence electrons. The van der Waals surface area contributed by atoms with Crippen molar-refractivity contribution in [1.29, 1.82) is 0 Å². The zero-order chi connectivity index (χ0) is 12.6. The summed E-state index contributed by atoms with van der Waals surface area (Å²) >= 11 is 0. The molecule has 0 aromatic heterocycles. The number of fused-ring (bicyclic) bond motifs is 1. The van der Waals surface area contributed by atoms with Gasteiger partial charge in [-0.3, -0.25) is 4.79 Å². The maximum Gasteiger partial charge on any atom is 0.245 e. The molecule has 2 rings (SSSR count). The van der Waals surface area contributed by atoms with E-state index in [1.165, 1.54) is 6.92 Å². The highest BCUT2D eigenvalue weighted by molar-refractivity contribution is 7.92. The van der Waals surface area contributed by atoms with Crippen molar-refractivity contribution in [1.82, 2.24) is 0 Å². The van der Waals surface area contributed by atoms with Crippen LogP contribution in [0.25, 0.3) is 0 Å². The first kappa shape index (κ1) is 12.1. The number of hydrogen-bond acceptors (Lipinski definition) is 3. The Morgan fingerprint density at radius 1 is 1.35 bits per heavy atom. The van der Waals surface area contributed by atoms with Gasteiger partial charge in [-0.05, 0) is 25.0 Å². The molecule has 0 fully saturated rings. The van der Waals surface area contributed by atoms with Gasteiger partial charge in [0.15, 0.2) is 9.84 Å². The van der Waals surface area contributed by atoms with Gasteiger partial charge in [0.25, 0.3) is 0 Å². The Bertz CT molecular complexity index is 551. The Morgan fingerprint density at radius 2 is 2.00 bits per heavy atom. The Balaban J connectivity index is 2.30. The Hall–Kier alpha value is -1.36. The van der Waals surface area contributed by atoms with E-state index in [-0.39, 0.29) is 5.91 Å². The molecule has 1 amide bonds. The van der Waals surface area contributed by atoms with Gasteiger partial charge in [-0.15, -0.1) is 0 Å². The number of benzene rings is 1. The fraction of sp³-hybridized carbons (Fsp3) is 0.417. The molecule has 0 saturated carbocycles. The van der Waals surface area contributed by atoms with Crippen molar-refractivity contribution >= 4 is 21.4 Å². The number of hydrogen-bond donors (Lipinski definition) is 0. The molecule has 1 unspecified atom stereocenters. The summed E-state index contributed by atoms with van der Waals surface area (Å²) in [6.45, 7) is 2.01. The second-order valence-corrected chi connectivity index (χ2v) is 6.71. The maximum atomic E-state index is 12.1. The average Bonchev–Trinajstić information content (AvgIpc) is 2.69. The van der Waals surface area contributed by atoms with Crippen LogP contribution in [0.3, 0.4) is 0 Å². The smallest absolute Gasteiger partial charge is 0.245 e. The van der Waals surface area contributed by atoms with Crippen LogP contribution in [0.5, 0.6) is 0 Å². The SMILES string of the molecule is CC(C(=O)N1CCc2ccccc21)S(C)(=O)=O. The second kappa shape index (κ2) is 4.14. The first-order valence-corrected chi connectivity index (χ1v) is 7.45. The highest BCUT2D eigenvalue weighted by atomic mass is 32.2. The van der Waals surface area contributed by atoms with E-state index in [1.54, 1.807) is 4.90 Å². The minimum Gasteiger partial charge on any atom is -0.311 e. The number of nitrogens with zero attached hydrogens (tertiary/aromatic N) is 1. The van der Waals surface area contributed by atoms with Crippen molar-refractivity contribution < 1.29 is 13.2 Å². The van der Waals surface area contributed by atoms with Gasteiger partial charge in [0.1, 0.15) is 5.25 Å². The zero-order valence-electron chi connectivity index (χ0n) is 9.88. The molecule has 1 aromatic carbocycles. The van der Waals surface area contributed by atoms with Gasteiger partial charge in [-0.25, -0.2) is 8.42 Å². The molecular formula is C12H15NO3S. The molecule has 4 nitrogen and oxygen atoms in total. The van der Waals surface area contributed by atoms with Gasteiger partial charge >= 0.3 is 0 Å². The highest BCUT2D eigenvalue weighted by Crippen LogP contribution is 2.28. The summed E-state index contributed by atoms with van der Waals surface area (Å²) in [5, 5.41) is -0.978. The minimum absolute atomic E-state index is 0.336. The van der Waals surface area contributed by atoms with Gasteiger partial charge in [0.2, 0.25) is 5.91 Å². The third kappa shape index (κ3) is 2.20. The van der Waals surface area contributed by atoms with Crippen LogP contribution in [0.4, 0.5) is 5.69 Å². The van der Waals surface area contributed by atoms with E-state index in [2.05, 4.69) is 0 Å². The number of sulfone groups is 1. The van der Waals surface area contributed by atoms with Crippen LogP contribution in [0.2, 0.25) is 0 Å². The summed E-state index contributed by atoms with van der Waals surface area (Å²) in [5.41, 5.74) is 1.94. The van der Waals surface area contributed by atoms with Crippen LogP contribution < -0.4 is 4.90 Å². The lowest BCUT2D eigenvalue weighted by Gasteiger charge is -2.20. The minimum atomic E-state index is -3.33. The summed E-state index contributed by atoms with van der Waals surface area (Å²) in [6.07, 6.45) is 1.88. The molecule has 0 saturated heterocycles. The van der Waals surface area contributed by atoms with E-state index >= 15 is 0 Å². The predicted molar refractivity (Wildman–Crippen MR) is 66.8 cm³/mol. The largest absolute Gasteiger partial charge is 0.311 e. The topological polar surface area (TPSA) is 54.5 Å². The van der Waals surface area contributed by atoms with Crippen molar-refractivity contribution in [3.63, 3.8) is 0 Å². The standard InChI is InChI=1S/C12H15NO3S/c1-9(17(2,15)16)12(14)13-8-7-10-5-3-4-6-11(10)13/h3-6,9H,7-8H2,1-2H3. The normalized spacial score (nSPS) is 16.7. The summed E-state index contributed by atoms with van der Waals surface area (Å²) in [6, 6.07) is 7.60. The lowest BCUT2D eigenvalue weighted by molar-refractivity contribution is -0.117. The number of carbonyl (C=O) groups is 1. The lowest BCUT2D eigenvalue weighted by Crippen LogP contribution is -2.40. The van der Waals surface area contributed by atoms with Gasteiger partial charge in [0.05, 0.1) is 0 Å². The molecule has 1 aliphatic heterocycles. The van der Waals surface area contributed by atoms with E-state index in [1.807, 2.05) is 24.3 Å². The fourth-order valence-electron chi connectivity index (χ4n) is 1.97. The van der Waals surface area contributed by atoms with Crippen LogP contribution in [0, 0.1) is 0 Å². The third-order valence-electron chi connectivity index (χ3n) is 3.14. The first-order chi connectivity index (χ1) is 7.91. The molecule has 0 aliphatic carbocycles. The highest BCUT2D eigenvalue weighted by Gasteiger charge is 2.32. The summed E-state index contributed by atoms with van der Waals surface area (Å²) in [7, 11) is -3.33. The Kier molecular flexibility index (Phi) is 2.95. The first-order valence-electron chi connectivity index (χ1n) is 5.49. The van der Waals surface area contributed by atoms with Crippen LogP contribution in [0.1, 0.15) is 12.5 Å². The molecule has 0 N–H and O–H groups in total. The third-order valence-corrected chi connectivity index (χ3v) is 4.63. The van der Waals surface area contributed by atoms with Crippen molar-refractivity contribution in [2.45, 2.75) is 18.6 Å². The molecule has 0 radical (unpaired) electrons. The van der Waals surface area contributed by atoms with Crippen LogP contribution in [-0.4, -0.2) is 32.4 Å². The molecule has 5 heteroatoms. The molecular weight excluding hydrogens is 238 g/mol. The van der Waals surface area contributed by atoms with Crippen molar-refractivity contribution in [2.75, 3.05) is 17.7 Å². The van der Waals surface area contributed by atoms with E-state index in [9.17, 15) is 13.2 Å². The molecule has 0 bridgehead atoms. The number of carbonyl (C=O) groups excluding carboxylic acids is 1. The van der Waals surface area contributed by atoms with Crippen LogP contribution >= 0.6 is 0 Å². The van der Waals surface area contributed by atoms with Crippen LogP contribution in [0.15, 0.2) is 24.3 Å². The quantitative estimate of drug-likeness (QED) is 0.790.